The molecule has 0 radical (unpaired) electrons. The Morgan fingerprint density at radius 1 is 0.911 bits per heavy atom. The minimum absolute atomic E-state index is 0.108. The van der Waals surface area contributed by atoms with Gasteiger partial charge in [-0.2, -0.15) is 0 Å². The number of fused-ring (bicyclic) bond motifs is 2. The van der Waals surface area contributed by atoms with Gasteiger partial charge in [-0.15, -0.1) is 0 Å². The van der Waals surface area contributed by atoms with Crippen LogP contribution in [0.3, 0.4) is 0 Å². The van der Waals surface area contributed by atoms with E-state index in [2.05, 4.69) is 0 Å². The standard InChI is InChI=1S/C37H37ClN2O5/c1-7-44-35(43)37(5,6)21-28-31(34(42)36(2,3)4)30-20-27(45-22-26-17-14-23-10-8-9-11-29(23)39-26)18-19-40(30)32(28)33(41)24-12-15-25(38)16-13-24/h8-20H,7,21-22H2,1-6H3. The Hall–Kier alpha value is -4.49. The lowest BCUT2D eigenvalue weighted by molar-refractivity contribution is -0.153. The zero-order valence-electron chi connectivity index (χ0n) is 26.4. The first-order valence-corrected chi connectivity index (χ1v) is 15.3. The highest BCUT2D eigenvalue weighted by molar-refractivity contribution is 6.30. The highest BCUT2D eigenvalue weighted by atomic mass is 35.5. The summed E-state index contributed by atoms with van der Waals surface area (Å²) in [5.74, 6) is -0.345. The van der Waals surface area contributed by atoms with Gasteiger partial charge in [0.25, 0.3) is 0 Å². The summed E-state index contributed by atoms with van der Waals surface area (Å²) < 4.78 is 13.3. The number of nitrogens with zero attached hydrogens (tertiary/aromatic N) is 2. The summed E-state index contributed by atoms with van der Waals surface area (Å²) in [6.45, 7) is 11.2. The molecule has 0 N–H and O–H groups in total. The van der Waals surface area contributed by atoms with E-state index in [1.807, 2.05) is 57.2 Å². The van der Waals surface area contributed by atoms with E-state index >= 15 is 0 Å². The number of carbonyl (C=O) groups is 3. The van der Waals surface area contributed by atoms with Gasteiger partial charge >= 0.3 is 5.97 Å². The number of aromatic nitrogens is 2. The van der Waals surface area contributed by atoms with Crippen molar-refractivity contribution in [2.75, 3.05) is 6.61 Å². The van der Waals surface area contributed by atoms with Crippen molar-refractivity contribution in [1.29, 1.82) is 0 Å². The van der Waals surface area contributed by atoms with Crippen molar-refractivity contribution in [3.8, 4) is 5.75 Å². The molecule has 0 aliphatic heterocycles. The zero-order chi connectivity index (χ0) is 32.5. The van der Waals surface area contributed by atoms with Crippen LogP contribution in [0.1, 0.15) is 79.2 Å². The van der Waals surface area contributed by atoms with Gasteiger partial charge in [-0.25, -0.2) is 4.98 Å². The zero-order valence-corrected chi connectivity index (χ0v) is 27.2. The fourth-order valence-electron chi connectivity index (χ4n) is 5.35. The summed E-state index contributed by atoms with van der Waals surface area (Å²) in [6.07, 6.45) is 1.85. The van der Waals surface area contributed by atoms with Crippen LogP contribution in [-0.2, 0) is 22.6 Å². The maximum absolute atomic E-state index is 14.2. The van der Waals surface area contributed by atoms with Crippen molar-refractivity contribution < 1.29 is 23.9 Å². The van der Waals surface area contributed by atoms with Gasteiger partial charge in [0.1, 0.15) is 12.4 Å². The Bertz CT molecular complexity index is 1920. The van der Waals surface area contributed by atoms with E-state index in [1.54, 1.807) is 67.8 Å². The van der Waals surface area contributed by atoms with Crippen molar-refractivity contribution in [2.45, 2.75) is 54.6 Å². The van der Waals surface area contributed by atoms with Crippen LogP contribution in [0.4, 0.5) is 0 Å². The SMILES string of the molecule is CCOC(=O)C(C)(C)Cc1c(C(=O)C(C)(C)C)c2cc(OCc3ccc4ccccc4n3)ccn2c1C(=O)c1ccc(Cl)cc1. The molecule has 0 fully saturated rings. The van der Waals surface area contributed by atoms with Crippen LogP contribution in [0, 0.1) is 10.8 Å². The number of hydrogen-bond acceptors (Lipinski definition) is 6. The molecule has 0 amide bonds. The number of hydrogen-bond donors (Lipinski definition) is 0. The number of esters is 1. The number of ether oxygens (including phenoxy) is 2. The largest absolute Gasteiger partial charge is 0.487 e. The van der Waals surface area contributed by atoms with Crippen LogP contribution in [0.25, 0.3) is 16.4 Å². The molecule has 5 rings (SSSR count). The van der Waals surface area contributed by atoms with Crippen LogP contribution < -0.4 is 4.74 Å². The van der Waals surface area contributed by atoms with Gasteiger partial charge in [0, 0.05) is 39.2 Å². The first kappa shape index (κ1) is 31.9. The number of ketones is 2. The van der Waals surface area contributed by atoms with Gasteiger partial charge in [-0.1, -0.05) is 56.6 Å². The third kappa shape index (κ3) is 6.64. The molecule has 0 bridgehead atoms. The fraction of sp³-hybridized carbons (Fsp3) is 0.297. The van der Waals surface area contributed by atoms with Crippen LogP contribution in [0.5, 0.6) is 5.75 Å². The number of pyridine rings is 2. The molecule has 0 spiro atoms. The fourth-order valence-corrected chi connectivity index (χ4v) is 5.47. The summed E-state index contributed by atoms with van der Waals surface area (Å²) in [6, 6.07) is 22.0. The van der Waals surface area contributed by atoms with E-state index in [0.29, 0.717) is 38.7 Å². The van der Waals surface area contributed by atoms with Crippen molar-refractivity contribution in [2.24, 2.45) is 10.8 Å². The first-order valence-electron chi connectivity index (χ1n) is 15.0. The number of halogens is 1. The Kier molecular flexibility index (Phi) is 8.86. The van der Waals surface area contributed by atoms with Gasteiger partial charge in [-0.05, 0) is 75.2 Å². The lowest BCUT2D eigenvalue weighted by Crippen LogP contribution is -2.31. The van der Waals surface area contributed by atoms with Crippen LogP contribution in [0.2, 0.25) is 5.02 Å². The number of benzene rings is 2. The Balaban J connectivity index is 1.67. The van der Waals surface area contributed by atoms with Gasteiger partial charge < -0.3 is 13.9 Å². The first-order chi connectivity index (χ1) is 21.3. The lowest BCUT2D eigenvalue weighted by Gasteiger charge is -2.24. The second-order valence-corrected chi connectivity index (χ2v) is 13.2. The predicted octanol–water partition coefficient (Wildman–Crippen LogP) is 8.31. The van der Waals surface area contributed by atoms with E-state index in [1.165, 1.54) is 0 Å². The highest BCUT2D eigenvalue weighted by Gasteiger charge is 2.38. The molecule has 0 saturated carbocycles. The summed E-state index contributed by atoms with van der Waals surface area (Å²) in [5, 5.41) is 1.54. The number of rotatable bonds is 10. The Morgan fingerprint density at radius 2 is 1.62 bits per heavy atom. The van der Waals surface area contributed by atoms with Gasteiger partial charge in [-0.3, -0.25) is 14.4 Å². The van der Waals surface area contributed by atoms with Crippen LogP contribution in [-0.4, -0.2) is 33.5 Å². The van der Waals surface area contributed by atoms with Crippen molar-refractivity contribution in [1.82, 2.24) is 9.38 Å². The maximum Gasteiger partial charge on any atom is 0.311 e. The summed E-state index contributed by atoms with van der Waals surface area (Å²) in [7, 11) is 0. The summed E-state index contributed by atoms with van der Waals surface area (Å²) >= 11 is 6.13. The lowest BCUT2D eigenvalue weighted by atomic mass is 9.79. The molecule has 8 heteroatoms. The molecule has 0 aliphatic rings. The molecule has 232 valence electrons. The van der Waals surface area contributed by atoms with E-state index in [0.717, 1.165) is 16.6 Å². The minimum atomic E-state index is -1.02. The quantitative estimate of drug-likeness (QED) is 0.115. The smallest absolute Gasteiger partial charge is 0.311 e. The van der Waals surface area contributed by atoms with E-state index < -0.39 is 16.8 Å². The molecule has 0 aliphatic carbocycles. The molecule has 2 aromatic carbocycles. The second-order valence-electron chi connectivity index (χ2n) is 12.8. The average molecular weight is 625 g/mol. The van der Waals surface area contributed by atoms with Crippen LogP contribution in [0.15, 0.2) is 79.0 Å². The van der Waals surface area contributed by atoms with Crippen LogP contribution >= 0.6 is 11.6 Å². The van der Waals surface area contributed by atoms with Gasteiger partial charge in [0.2, 0.25) is 5.78 Å². The van der Waals surface area contributed by atoms with Crippen molar-refractivity contribution >= 4 is 45.6 Å². The van der Waals surface area contributed by atoms with Gasteiger partial charge in [0.05, 0.1) is 34.4 Å². The number of carbonyl (C=O) groups excluding carboxylic acids is 3. The third-order valence-electron chi connectivity index (χ3n) is 7.73. The summed E-state index contributed by atoms with van der Waals surface area (Å²) in [4.78, 5) is 46.2. The molecule has 7 nitrogen and oxygen atoms in total. The van der Waals surface area contributed by atoms with E-state index in [-0.39, 0.29) is 31.2 Å². The number of para-hydroxylation sites is 1. The topological polar surface area (TPSA) is 87.0 Å². The predicted molar refractivity (Wildman–Crippen MR) is 176 cm³/mol. The molecule has 45 heavy (non-hydrogen) atoms. The maximum atomic E-state index is 14.2. The molecule has 0 saturated heterocycles. The summed E-state index contributed by atoms with van der Waals surface area (Å²) in [5.41, 5.74) is 1.93. The number of Topliss-reactive ketones (excluding diaryl/α,β-unsaturated/α-hetero) is 1. The minimum Gasteiger partial charge on any atom is -0.487 e. The molecule has 0 unspecified atom stereocenters. The van der Waals surface area contributed by atoms with E-state index in [9.17, 15) is 14.4 Å². The van der Waals surface area contributed by atoms with Gasteiger partial charge in [0.15, 0.2) is 5.78 Å². The highest BCUT2D eigenvalue weighted by Crippen LogP contribution is 2.37. The average Bonchev–Trinajstić information content (AvgIpc) is 3.31. The Morgan fingerprint density at radius 3 is 2.31 bits per heavy atom. The molecule has 3 aromatic heterocycles. The van der Waals surface area contributed by atoms with E-state index in [4.69, 9.17) is 26.1 Å². The normalized spacial score (nSPS) is 12.0. The molecular weight excluding hydrogens is 588 g/mol. The molecule has 0 atom stereocenters. The molecule has 5 aromatic rings. The molecule has 3 heterocycles. The van der Waals surface area contributed by atoms with Crippen molar-refractivity contribution in [3.05, 3.63) is 112 Å². The monoisotopic (exact) mass is 624 g/mol. The second kappa shape index (κ2) is 12.5. The molecular formula is C37H37ClN2O5. The third-order valence-corrected chi connectivity index (χ3v) is 7.98. The Labute approximate surface area is 268 Å². The van der Waals surface area contributed by atoms with Crippen molar-refractivity contribution in [3.63, 3.8) is 0 Å².